The second-order valence-electron chi connectivity index (χ2n) is 10.9. The van der Waals surface area contributed by atoms with Crippen LogP contribution in [0.2, 0.25) is 0 Å². The third kappa shape index (κ3) is 10.3. The summed E-state index contributed by atoms with van der Waals surface area (Å²) in [7, 11) is 0. The average Bonchev–Trinajstić information content (AvgIpc) is 2.94. The number of amides is 3. The van der Waals surface area contributed by atoms with Crippen LogP contribution in [0.5, 0.6) is 0 Å². The number of hydrogen-bond donors (Lipinski definition) is 2. The second kappa shape index (κ2) is 16.2. The Hall–Kier alpha value is -4.32. The van der Waals surface area contributed by atoms with E-state index in [2.05, 4.69) is 16.6 Å². The van der Waals surface area contributed by atoms with E-state index in [0.717, 1.165) is 5.56 Å². The molecule has 0 aliphatic carbocycles. The lowest BCUT2D eigenvalue weighted by atomic mass is 9.95. The summed E-state index contributed by atoms with van der Waals surface area (Å²) in [6.07, 6.45) is 5.71. The summed E-state index contributed by atoms with van der Waals surface area (Å²) < 4.78 is 10.4. The smallest absolute Gasteiger partial charge is 0.408 e. The first-order valence-electron chi connectivity index (χ1n) is 14.3. The maximum absolute atomic E-state index is 14.5. The van der Waals surface area contributed by atoms with E-state index < -0.39 is 47.6 Å². The molecule has 2 N–H and O–H groups in total. The van der Waals surface area contributed by atoms with Gasteiger partial charge in [0.1, 0.15) is 17.7 Å². The SMILES string of the molecule is C#Cc1ccccc1C(C(=O)NCCC(=O)OCC)N(C(=O)C(Cc1ccccc1)NC(=O)OC(C)(C)C)C(C)CC. The molecule has 0 fully saturated rings. The Morgan fingerprint density at radius 1 is 1.00 bits per heavy atom. The zero-order chi connectivity index (χ0) is 31.3. The lowest BCUT2D eigenvalue weighted by Crippen LogP contribution is -2.56. The molecule has 0 radical (unpaired) electrons. The van der Waals surface area contributed by atoms with Crippen LogP contribution in [0.3, 0.4) is 0 Å². The Labute approximate surface area is 249 Å². The number of hydrogen-bond acceptors (Lipinski definition) is 6. The van der Waals surface area contributed by atoms with Gasteiger partial charge >= 0.3 is 12.1 Å². The van der Waals surface area contributed by atoms with Crippen molar-refractivity contribution in [2.45, 2.75) is 84.5 Å². The van der Waals surface area contributed by atoms with Crippen LogP contribution in [0.25, 0.3) is 0 Å². The van der Waals surface area contributed by atoms with Crippen molar-refractivity contribution in [3.63, 3.8) is 0 Å². The van der Waals surface area contributed by atoms with Crippen LogP contribution in [0.15, 0.2) is 54.6 Å². The van der Waals surface area contributed by atoms with Gasteiger partial charge in [-0.25, -0.2) is 4.79 Å². The van der Waals surface area contributed by atoms with E-state index in [9.17, 15) is 19.2 Å². The third-order valence-corrected chi connectivity index (χ3v) is 6.46. The molecule has 2 aromatic carbocycles. The molecular weight excluding hydrogens is 534 g/mol. The quantitative estimate of drug-likeness (QED) is 0.267. The van der Waals surface area contributed by atoms with E-state index in [1.807, 2.05) is 44.2 Å². The molecule has 2 rings (SSSR count). The van der Waals surface area contributed by atoms with E-state index >= 15 is 0 Å². The van der Waals surface area contributed by atoms with Crippen molar-refractivity contribution >= 4 is 23.9 Å². The van der Waals surface area contributed by atoms with Crippen LogP contribution in [0.1, 0.15) is 77.1 Å². The molecule has 0 aliphatic rings. The number of nitrogens with zero attached hydrogens (tertiary/aromatic N) is 1. The largest absolute Gasteiger partial charge is 0.466 e. The number of benzene rings is 2. The van der Waals surface area contributed by atoms with Gasteiger partial charge in [0.05, 0.1) is 13.0 Å². The van der Waals surface area contributed by atoms with Crippen molar-refractivity contribution in [1.29, 1.82) is 0 Å². The number of ether oxygens (including phenoxy) is 2. The van der Waals surface area contributed by atoms with E-state index in [-0.39, 0.29) is 26.0 Å². The van der Waals surface area contributed by atoms with Crippen LogP contribution in [-0.4, -0.2) is 59.6 Å². The van der Waals surface area contributed by atoms with Crippen LogP contribution < -0.4 is 10.6 Å². The minimum absolute atomic E-state index is 0.0124. The predicted molar refractivity (Wildman–Crippen MR) is 161 cm³/mol. The molecule has 226 valence electrons. The molecule has 9 nitrogen and oxygen atoms in total. The summed E-state index contributed by atoms with van der Waals surface area (Å²) in [4.78, 5) is 54.6. The van der Waals surface area contributed by atoms with Crippen molar-refractivity contribution in [1.82, 2.24) is 15.5 Å². The highest BCUT2D eigenvalue weighted by Crippen LogP contribution is 2.29. The molecule has 3 atom stereocenters. The van der Waals surface area contributed by atoms with Gasteiger partial charge in [-0.1, -0.05) is 61.4 Å². The van der Waals surface area contributed by atoms with Crippen LogP contribution in [0.4, 0.5) is 4.79 Å². The van der Waals surface area contributed by atoms with Gasteiger partial charge < -0.3 is 25.0 Å². The molecule has 3 amide bonds. The van der Waals surface area contributed by atoms with E-state index in [4.69, 9.17) is 15.9 Å². The number of esters is 1. The molecule has 0 aliphatic heterocycles. The van der Waals surface area contributed by atoms with Gasteiger partial charge in [0, 0.05) is 24.6 Å². The first-order valence-corrected chi connectivity index (χ1v) is 14.3. The van der Waals surface area contributed by atoms with Crippen molar-refractivity contribution in [3.8, 4) is 12.3 Å². The van der Waals surface area contributed by atoms with Crippen molar-refractivity contribution in [2.24, 2.45) is 0 Å². The molecule has 3 unspecified atom stereocenters. The number of terminal acetylenes is 1. The molecule has 0 saturated carbocycles. The number of carbonyl (C=O) groups excluding carboxylic acids is 4. The second-order valence-corrected chi connectivity index (χ2v) is 10.9. The molecule has 9 heteroatoms. The topological polar surface area (TPSA) is 114 Å². The van der Waals surface area contributed by atoms with Gasteiger partial charge in [-0.15, -0.1) is 6.42 Å². The minimum Gasteiger partial charge on any atom is -0.466 e. The van der Waals surface area contributed by atoms with Gasteiger partial charge in [0.2, 0.25) is 11.8 Å². The molecule has 0 heterocycles. The van der Waals surface area contributed by atoms with E-state index in [1.54, 1.807) is 52.0 Å². The summed E-state index contributed by atoms with van der Waals surface area (Å²) in [5, 5.41) is 5.52. The maximum Gasteiger partial charge on any atom is 0.408 e. The predicted octanol–water partition coefficient (Wildman–Crippen LogP) is 4.54. The van der Waals surface area contributed by atoms with E-state index in [0.29, 0.717) is 17.5 Å². The molecule has 0 aromatic heterocycles. The summed E-state index contributed by atoms with van der Waals surface area (Å²) >= 11 is 0. The molecular formula is C33H43N3O6. The Balaban J connectivity index is 2.57. The highest BCUT2D eigenvalue weighted by atomic mass is 16.6. The summed E-state index contributed by atoms with van der Waals surface area (Å²) in [6, 6.07) is 13.6. The normalized spacial score (nSPS) is 13.1. The van der Waals surface area contributed by atoms with Crippen LogP contribution in [-0.2, 0) is 30.3 Å². The molecule has 0 bridgehead atoms. The highest BCUT2D eigenvalue weighted by molar-refractivity contribution is 5.93. The summed E-state index contributed by atoms with van der Waals surface area (Å²) in [5.74, 6) is 1.19. The highest BCUT2D eigenvalue weighted by Gasteiger charge is 2.39. The fraction of sp³-hybridized carbons (Fsp3) is 0.455. The van der Waals surface area contributed by atoms with Crippen molar-refractivity contribution < 1.29 is 28.7 Å². The summed E-state index contributed by atoms with van der Waals surface area (Å²) in [5.41, 5.74) is 0.936. The average molecular weight is 578 g/mol. The fourth-order valence-corrected chi connectivity index (χ4v) is 4.38. The minimum atomic E-state index is -1.14. The Morgan fingerprint density at radius 2 is 1.64 bits per heavy atom. The van der Waals surface area contributed by atoms with Crippen LogP contribution >= 0.6 is 0 Å². The Morgan fingerprint density at radius 3 is 2.24 bits per heavy atom. The van der Waals surface area contributed by atoms with Gasteiger partial charge in [-0.05, 0) is 58.2 Å². The number of nitrogens with one attached hydrogen (secondary N) is 2. The Bertz CT molecular complexity index is 1250. The molecule has 0 spiro atoms. The van der Waals surface area contributed by atoms with Gasteiger partial charge in [0.15, 0.2) is 0 Å². The molecule has 2 aromatic rings. The number of carbonyl (C=O) groups is 4. The third-order valence-electron chi connectivity index (χ3n) is 6.46. The zero-order valence-electron chi connectivity index (χ0n) is 25.4. The standard InChI is InChI=1S/C33H43N3O6/c1-8-23(4)36(31(39)27(22-24-16-12-11-13-17-24)35-32(40)42-33(5,6)7)29(26-19-15-14-18-25(26)9-2)30(38)34-21-20-28(37)41-10-3/h2,11-19,23,27,29H,8,10,20-22H2,1,3-7H3,(H,34,38)(H,35,40). The lowest BCUT2D eigenvalue weighted by molar-refractivity contribution is -0.146. The van der Waals surface area contributed by atoms with Crippen molar-refractivity contribution in [2.75, 3.05) is 13.2 Å². The zero-order valence-corrected chi connectivity index (χ0v) is 25.4. The monoisotopic (exact) mass is 577 g/mol. The van der Waals surface area contributed by atoms with Gasteiger partial charge in [-0.2, -0.15) is 0 Å². The summed E-state index contributed by atoms with van der Waals surface area (Å²) in [6.45, 7) is 10.9. The Kier molecular flexibility index (Phi) is 13.1. The van der Waals surface area contributed by atoms with Crippen LogP contribution in [0, 0.1) is 12.3 Å². The molecule has 42 heavy (non-hydrogen) atoms. The first-order chi connectivity index (χ1) is 19.9. The van der Waals surface area contributed by atoms with Gasteiger partial charge in [-0.3, -0.25) is 14.4 Å². The van der Waals surface area contributed by atoms with Gasteiger partial charge in [0.25, 0.3) is 0 Å². The molecule has 0 saturated heterocycles. The first kappa shape index (κ1) is 33.9. The maximum atomic E-state index is 14.5. The van der Waals surface area contributed by atoms with Crippen molar-refractivity contribution in [3.05, 3.63) is 71.3 Å². The van der Waals surface area contributed by atoms with E-state index in [1.165, 1.54) is 4.90 Å². The lowest BCUT2D eigenvalue weighted by Gasteiger charge is -2.38. The number of rotatable bonds is 13. The number of alkyl carbamates (subject to hydrolysis) is 1. The fourth-order valence-electron chi connectivity index (χ4n) is 4.38.